The second kappa shape index (κ2) is 10.3. The summed E-state index contributed by atoms with van der Waals surface area (Å²) in [5.74, 6) is 1.03. The summed E-state index contributed by atoms with van der Waals surface area (Å²) in [6.45, 7) is 7.29. The maximum Gasteiger partial charge on any atom is 0.335 e. The first kappa shape index (κ1) is 23.1. The second-order valence-corrected chi connectivity index (χ2v) is 9.11. The van der Waals surface area contributed by atoms with Crippen LogP contribution in [0.2, 0.25) is 0 Å². The first-order chi connectivity index (χ1) is 17.1. The molecule has 180 valence electrons. The third kappa shape index (κ3) is 4.77. The van der Waals surface area contributed by atoms with E-state index in [-0.39, 0.29) is 11.2 Å². The van der Waals surface area contributed by atoms with Crippen molar-refractivity contribution in [2.75, 3.05) is 37.6 Å². The number of piperazine rings is 1. The summed E-state index contributed by atoms with van der Waals surface area (Å²) in [5.41, 5.74) is 2.66. The van der Waals surface area contributed by atoms with Gasteiger partial charge in [-0.3, -0.25) is 18.7 Å². The molecule has 0 radical (unpaired) electrons. The Hall–Kier alpha value is -3.71. The van der Waals surface area contributed by atoms with Gasteiger partial charge >= 0.3 is 5.69 Å². The fourth-order valence-electron chi connectivity index (χ4n) is 4.93. The molecule has 1 saturated heterocycles. The zero-order valence-corrected chi connectivity index (χ0v) is 20.1. The number of unbranched alkanes of at least 4 members (excludes halogenated alkanes) is 1. The minimum absolute atomic E-state index is 0.209. The largest absolute Gasteiger partial charge is 0.354 e. The molecule has 1 aliphatic rings. The predicted octanol–water partition coefficient (Wildman–Crippen LogP) is 3.43. The van der Waals surface area contributed by atoms with Crippen LogP contribution in [0, 0.1) is 6.92 Å². The van der Waals surface area contributed by atoms with Crippen molar-refractivity contribution in [3.05, 3.63) is 99.5 Å². The summed E-state index contributed by atoms with van der Waals surface area (Å²) in [6.07, 6.45) is 5.30. The zero-order valence-electron chi connectivity index (χ0n) is 20.1. The monoisotopic (exact) mass is 469 g/mol. The Labute approximate surface area is 204 Å². The SMILES string of the molecule is Cc1ccccc1-c1c(=O)n(CCCCN2CCN(c3ccccn3)CC2)c(=O)n2ccccc12. The van der Waals surface area contributed by atoms with E-state index >= 15 is 0 Å². The fourth-order valence-corrected chi connectivity index (χ4v) is 4.93. The zero-order chi connectivity index (χ0) is 24.2. The summed E-state index contributed by atoms with van der Waals surface area (Å²) in [7, 11) is 0. The molecule has 1 aliphatic heterocycles. The maximum absolute atomic E-state index is 13.6. The molecule has 0 amide bonds. The van der Waals surface area contributed by atoms with E-state index in [1.54, 1.807) is 10.6 Å². The minimum Gasteiger partial charge on any atom is -0.354 e. The maximum atomic E-state index is 13.6. The van der Waals surface area contributed by atoms with E-state index in [1.807, 2.05) is 67.7 Å². The molecule has 0 unspecified atom stereocenters. The molecule has 0 N–H and O–H groups in total. The van der Waals surface area contributed by atoms with Crippen LogP contribution in [-0.4, -0.2) is 51.6 Å². The van der Waals surface area contributed by atoms with E-state index < -0.39 is 0 Å². The van der Waals surface area contributed by atoms with Crippen LogP contribution in [0.15, 0.2) is 82.6 Å². The number of pyridine rings is 2. The van der Waals surface area contributed by atoms with Crippen LogP contribution in [-0.2, 0) is 6.54 Å². The van der Waals surface area contributed by atoms with Gasteiger partial charge in [0.15, 0.2) is 0 Å². The standard InChI is InChI=1S/C28H31N5O2/c1-22-10-2-3-11-23(22)26-24-12-5-7-16-32(24)28(35)33(27(26)34)17-9-8-15-30-18-20-31(21-19-30)25-13-4-6-14-29-25/h2-7,10-14,16H,8-9,15,17-21H2,1H3. The number of benzene rings is 1. The first-order valence-electron chi connectivity index (χ1n) is 12.3. The summed E-state index contributed by atoms with van der Waals surface area (Å²) in [4.78, 5) is 36.0. The van der Waals surface area contributed by atoms with Gasteiger partial charge in [0.25, 0.3) is 5.56 Å². The van der Waals surface area contributed by atoms with Gasteiger partial charge in [-0.1, -0.05) is 36.4 Å². The number of hydrogen-bond acceptors (Lipinski definition) is 5. The van der Waals surface area contributed by atoms with E-state index in [1.165, 1.54) is 4.57 Å². The highest BCUT2D eigenvalue weighted by Crippen LogP contribution is 2.23. The lowest BCUT2D eigenvalue weighted by Gasteiger charge is -2.35. The Balaban J connectivity index is 1.28. The summed E-state index contributed by atoms with van der Waals surface area (Å²) >= 11 is 0. The van der Waals surface area contributed by atoms with Crippen LogP contribution in [0.4, 0.5) is 5.82 Å². The third-order valence-electron chi connectivity index (χ3n) is 6.88. The van der Waals surface area contributed by atoms with Crippen LogP contribution < -0.4 is 16.1 Å². The molecule has 0 spiro atoms. The highest BCUT2D eigenvalue weighted by atomic mass is 16.2. The fraction of sp³-hybridized carbons (Fsp3) is 0.321. The lowest BCUT2D eigenvalue weighted by atomic mass is 10.0. The molecule has 35 heavy (non-hydrogen) atoms. The normalized spacial score (nSPS) is 14.5. The van der Waals surface area contributed by atoms with Crippen molar-refractivity contribution in [1.82, 2.24) is 18.9 Å². The number of aromatic nitrogens is 3. The van der Waals surface area contributed by atoms with E-state index in [4.69, 9.17) is 0 Å². The molecular weight excluding hydrogens is 438 g/mol. The molecule has 3 aromatic heterocycles. The lowest BCUT2D eigenvalue weighted by Crippen LogP contribution is -2.47. The molecule has 7 heteroatoms. The lowest BCUT2D eigenvalue weighted by molar-refractivity contribution is 0.250. The predicted molar refractivity (Wildman–Crippen MR) is 140 cm³/mol. The smallest absolute Gasteiger partial charge is 0.335 e. The highest BCUT2D eigenvalue weighted by Gasteiger charge is 2.19. The van der Waals surface area contributed by atoms with E-state index in [0.717, 1.165) is 62.5 Å². The van der Waals surface area contributed by atoms with Gasteiger partial charge in [0.05, 0.1) is 11.1 Å². The van der Waals surface area contributed by atoms with Gasteiger partial charge in [-0.2, -0.15) is 0 Å². The van der Waals surface area contributed by atoms with Gasteiger partial charge in [0, 0.05) is 45.1 Å². The van der Waals surface area contributed by atoms with Gasteiger partial charge in [0.2, 0.25) is 0 Å². The minimum atomic E-state index is -0.271. The number of aryl methyl sites for hydroxylation is 1. The summed E-state index contributed by atoms with van der Waals surface area (Å²) in [6, 6.07) is 19.4. The summed E-state index contributed by atoms with van der Waals surface area (Å²) in [5, 5.41) is 0. The van der Waals surface area contributed by atoms with Crippen molar-refractivity contribution in [1.29, 1.82) is 0 Å². The number of fused-ring (bicyclic) bond motifs is 1. The quantitative estimate of drug-likeness (QED) is 0.388. The Morgan fingerprint density at radius 1 is 0.829 bits per heavy atom. The van der Waals surface area contributed by atoms with Crippen LogP contribution in [0.25, 0.3) is 16.6 Å². The molecule has 0 aliphatic carbocycles. The number of hydrogen-bond donors (Lipinski definition) is 0. The van der Waals surface area contributed by atoms with Gasteiger partial charge in [-0.15, -0.1) is 0 Å². The van der Waals surface area contributed by atoms with Crippen LogP contribution in [0.5, 0.6) is 0 Å². The molecule has 4 aromatic rings. The van der Waals surface area contributed by atoms with E-state index in [9.17, 15) is 9.59 Å². The Morgan fingerprint density at radius 2 is 1.57 bits per heavy atom. The van der Waals surface area contributed by atoms with Gasteiger partial charge in [-0.05, 0) is 61.7 Å². The number of rotatable bonds is 7. The molecule has 7 nitrogen and oxygen atoms in total. The Bertz CT molecular complexity index is 1420. The summed E-state index contributed by atoms with van der Waals surface area (Å²) < 4.78 is 3.01. The van der Waals surface area contributed by atoms with Crippen LogP contribution in [0.3, 0.4) is 0 Å². The van der Waals surface area contributed by atoms with Crippen molar-refractivity contribution >= 4 is 11.3 Å². The third-order valence-corrected chi connectivity index (χ3v) is 6.88. The van der Waals surface area contributed by atoms with E-state index in [0.29, 0.717) is 17.6 Å². The number of anilines is 1. The van der Waals surface area contributed by atoms with Crippen molar-refractivity contribution in [3.63, 3.8) is 0 Å². The van der Waals surface area contributed by atoms with Crippen LogP contribution in [0.1, 0.15) is 18.4 Å². The molecule has 0 bridgehead atoms. The number of nitrogens with zero attached hydrogens (tertiary/aromatic N) is 5. The van der Waals surface area contributed by atoms with Crippen molar-refractivity contribution in [2.24, 2.45) is 0 Å². The molecular formula is C28H31N5O2. The molecule has 1 fully saturated rings. The van der Waals surface area contributed by atoms with Crippen molar-refractivity contribution in [2.45, 2.75) is 26.3 Å². The molecule has 1 aromatic carbocycles. The van der Waals surface area contributed by atoms with E-state index in [2.05, 4.69) is 20.9 Å². The topological polar surface area (TPSA) is 62.9 Å². The van der Waals surface area contributed by atoms with Gasteiger partial charge < -0.3 is 4.90 Å². The Morgan fingerprint density at radius 3 is 2.34 bits per heavy atom. The van der Waals surface area contributed by atoms with Crippen molar-refractivity contribution in [3.8, 4) is 11.1 Å². The van der Waals surface area contributed by atoms with Crippen LogP contribution >= 0.6 is 0 Å². The van der Waals surface area contributed by atoms with Gasteiger partial charge in [-0.25, -0.2) is 9.78 Å². The van der Waals surface area contributed by atoms with Crippen molar-refractivity contribution < 1.29 is 0 Å². The molecule has 0 atom stereocenters. The average Bonchev–Trinajstić information content (AvgIpc) is 2.90. The molecule has 5 rings (SSSR count). The van der Waals surface area contributed by atoms with Gasteiger partial charge in [0.1, 0.15) is 5.82 Å². The first-order valence-corrected chi connectivity index (χ1v) is 12.3. The Kier molecular flexibility index (Phi) is 6.77. The molecule has 4 heterocycles. The average molecular weight is 470 g/mol. The second-order valence-electron chi connectivity index (χ2n) is 9.11. The molecule has 0 saturated carbocycles. The highest BCUT2D eigenvalue weighted by molar-refractivity contribution is 5.81.